The Labute approximate surface area is 92.8 Å². The van der Waals surface area contributed by atoms with Crippen LogP contribution in [0.5, 0.6) is 5.88 Å². The summed E-state index contributed by atoms with van der Waals surface area (Å²) in [5.74, 6) is 0.308. The van der Waals surface area contributed by atoms with Crippen molar-refractivity contribution in [1.29, 1.82) is 0 Å². The molecule has 86 valence electrons. The van der Waals surface area contributed by atoms with Crippen LogP contribution in [-0.4, -0.2) is 29.1 Å². The minimum absolute atomic E-state index is 0.00406. The summed E-state index contributed by atoms with van der Waals surface area (Å²) in [4.78, 5) is 14.0. The van der Waals surface area contributed by atoms with Gasteiger partial charge in [0.1, 0.15) is 6.61 Å². The van der Waals surface area contributed by atoms with Gasteiger partial charge in [-0.2, -0.15) is 0 Å². The van der Waals surface area contributed by atoms with Gasteiger partial charge in [0.2, 0.25) is 5.88 Å². The van der Waals surface area contributed by atoms with E-state index in [0.717, 1.165) is 19.4 Å². The van der Waals surface area contributed by atoms with Gasteiger partial charge in [-0.1, -0.05) is 0 Å². The molecule has 2 rings (SSSR count). The highest BCUT2D eigenvalue weighted by atomic mass is 16.6. The van der Waals surface area contributed by atoms with Crippen molar-refractivity contribution in [2.24, 2.45) is 0 Å². The van der Waals surface area contributed by atoms with E-state index in [-0.39, 0.29) is 5.69 Å². The van der Waals surface area contributed by atoms with Crippen LogP contribution in [0.25, 0.3) is 0 Å². The van der Waals surface area contributed by atoms with Gasteiger partial charge in [-0.3, -0.25) is 10.1 Å². The zero-order valence-corrected chi connectivity index (χ0v) is 8.76. The maximum absolute atomic E-state index is 10.5. The van der Waals surface area contributed by atoms with Crippen molar-refractivity contribution in [3.8, 4) is 5.88 Å². The zero-order valence-electron chi connectivity index (χ0n) is 8.76. The number of aromatic nitrogens is 1. The Kier molecular flexibility index (Phi) is 3.31. The van der Waals surface area contributed by atoms with Gasteiger partial charge in [0.15, 0.2) is 0 Å². The van der Waals surface area contributed by atoms with E-state index in [9.17, 15) is 10.1 Å². The molecule has 6 nitrogen and oxygen atoms in total. The maximum Gasteiger partial charge on any atom is 0.276 e. The van der Waals surface area contributed by atoms with Gasteiger partial charge in [-0.05, 0) is 19.4 Å². The topological polar surface area (TPSA) is 77.3 Å². The van der Waals surface area contributed by atoms with E-state index in [2.05, 4.69) is 10.3 Å². The Morgan fingerprint density at radius 3 is 3.25 bits per heavy atom. The largest absolute Gasteiger partial charge is 0.476 e. The first-order valence-electron chi connectivity index (χ1n) is 5.22. The summed E-state index contributed by atoms with van der Waals surface area (Å²) in [6, 6.07) is 3.02. The van der Waals surface area contributed by atoms with Gasteiger partial charge in [0.25, 0.3) is 5.69 Å². The maximum atomic E-state index is 10.5. The standard InChI is InChI=1S/C10H13N3O3/c14-13(15)9-3-5-12-10(6-9)16-7-8-2-1-4-11-8/h3,5-6,8,11H,1-2,4,7H2. The average Bonchev–Trinajstić information content (AvgIpc) is 2.79. The molecule has 0 aliphatic carbocycles. The van der Waals surface area contributed by atoms with Gasteiger partial charge in [0.05, 0.1) is 11.0 Å². The van der Waals surface area contributed by atoms with Crippen molar-refractivity contribution < 1.29 is 9.66 Å². The third-order valence-corrected chi connectivity index (χ3v) is 2.52. The van der Waals surface area contributed by atoms with E-state index in [4.69, 9.17) is 4.74 Å². The molecule has 0 amide bonds. The number of nitro groups is 1. The molecule has 1 aliphatic heterocycles. The molecule has 1 saturated heterocycles. The lowest BCUT2D eigenvalue weighted by Gasteiger charge is -2.10. The minimum atomic E-state index is -0.456. The van der Waals surface area contributed by atoms with Gasteiger partial charge < -0.3 is 10.1 Å². The van der Waals surface area contributed by atoms with E-state index < -0.39 is 4.92 Å². The molecule has 0 bridgehead atoms. The molecular formula is C10H13N3O3. The highest BCUT2D eigenvalue weighted by Crippen LogP contribution is 2.16. The second kappa shape index (κ2) is 4.89. The van der Waals surface area contributed by atoms with Gasteiger partial charge in [-0.25, -0.2) is 4.98 Å². The molecule has 1 fully saturated rings. The van der Waals surface area contributed by atoms with Crippen molar-refractivity contribution in [1.82, 2.24) is 10.3 Å². The molecule has 0 spiro atoms. The number of hydrogen-bond donors (Lipinski definition) is 1. The third-order valence-electron chi connectivity index (χ3n) is 2.52. The molecule has 2 heterocycles. The summed E-state index contributed by atoms with van der Waals surface area (Å²) in [6.45, 7) is 1.52. The summed E-state index contributed by atoms with van der Waals surface area (Å²) in [5.41, 5.74) is 0.00406. The molecule has 16 heavy (non-hydrogen) atoms. The van der Waals surface area contributed by atoms with Crippen molar-refractivity contribution >= 4 is 5.69 Å². The highest BCUT2D eigenvalue weighted by molar-refractivity contribution is 5.32. The van der Waals surface area contributed by atoms with E-state index in [1.807, 2.05) is 0 Å². The normalized spacial score (nSPS) is 19.6. The van der Waals surface area contributed by atoms with Crippen molar-refractivity contribution in [2.45, 2.75) is 18.9 Å². The Hall–Kier alpha value is -1.69. The Morgan fingerprint density at radius 2 is 2.56 bits per heavy atom. The third kappa shape index (κ3) is 2.66. The second-order valence-corrected chi connectivity index (χ2v) is 3.71. The number of nitrogens with zero attached hydrogens (tertiary/aromatic N) is 2. The molecular weight excluding hydrogens is 210 g/mol. The molecule has 1 unspecified atom stereocenters. The molecule has 1 aromatic rings. The van der Waals surface area contributed by atoms with Gasteiger partial charge >= 0.3 is 0 Å². The fourth-order valence-electron chi connectivity index (χ4n) is 1.68. The molecule has 1 N–H and O–H groups in total. The van der Waals surface area contributed by atoms with Crippen molar-refractivity contribution in [2.75, 3.05) is 13.2 Å². The van der Waals surface area contributed by atoms with Crippen LogP contribution in [0.15, 0.2) is 18.3 Å². The predicted octanol–water partition coefficient (Wildman–Crippen LogP) is 1.12. The minimum Gasteiger partial charge on any atom is -0.476 e. The summed E-state index contributed by atoms with van der Waals surface area (Å²) in [5, 5.41) is 13.8. The molecule has 6 heteroatoms. The smallest absolute Gasteiger partial charge is 0.276 e. The second-order valence-electron chi connectivity index (χ2n) is 3.71. The van der Waals surface area contributed by atoms with E-state index in [1.165, 1.54) is 18.3 Å². The lowest BCUT2D eigenvalue weighted by atomic mass is 10.2. The summed E-state index contributed by atoms with van der Waals surface area (Å²) in [6.07, 6.45) is 3.61. The fourth-order valence-corrected chi connectivity index (χ4v) is 1.68. The molecule has 0 saturated carbocycles. The molecule has 1 aliphatic rings. The summed E-state index contributed by atoms with van der Waals surface area (Å²) < 4.78 is 5.40. The first-order valence-corrected chi connectivity index (χ1v) is 5.22. The number of pyridine rings is 1. The first kappa shape index (κ1) is 10.8. The van der Waals surface area contributed by atoms with E-state index in [1.54, 1.807) is 0 Å². The molecule has 1 atom stereocenters. The summed E-state index contributed by atoms with van der Waals surface area (Å²) >= 11 is 0. The van der Waals surface area contributed by atoms with Crippen LogP contribution < -0.4 is 10.1 Å². The number of nitrogens with one attached hydrogen (secondary N) is 1. The zero-order chi connectivity index (χ0) is 11.4. The van der Waals surface area contributed by atoms with Crippen molar-refractivity contribution in [3.63, 3.8) is 0 Å². The molecule has 1 aromatic heterocycles. The fraction of sp³-hybridized carbons (Fsp3) is 0.500. The molecule has 0 radical (unpaired) electrons. The van der Waals surface area contributed by atoms with Crippen LogP contribution in [0.4, 0.5) is 5.69 Å². The van der Waals surface area contributed by atoms with Crippen molar-refractivity contribution in [3.05, 3.63) is 28.4 Å². The van der Waals surface area contributed by atoms with Gasteiger partial charge in [-0.15, -0.1) is 0 Å². The average molecular weight is 223 g/mol. The number of rotatable bonds is 4. The lowest BCUT2D eigenvalue weighted by Crippen LogP contribution is -2.28. The van der Waals surface area contributed by atoms with Gasteiger partial charge in [0, 0.05) is 18.3 Å². The van der Waals surface area contributed by atoms with Crippen LogP contribution in [0.3, 0.4) is 0 Å². The number of ether oxygens (including phenoxy) is 1. The number of hydrogen-bond acceptors (Lipinski definition) is 5. The predicted molar refractivity (Wildman–Crippen MR) is 57.4 cm³/mol. The quantitative estimate of drug-likeness (QED) is 0.611. The van der Waals surface area contributed by atoms with Crippen LogP contribution in [0.2, 0.25) is 0 Å². The van der Waals surface area contributed by atoms with E-state index in [0.29, 0.717) is 18.5 Å². The highest BCUT2D eigenvalue weighted by Gasteiger charge is 2.15. The first-order chi connectivity index (χ1) is 7.75. The van der Waals surface area contributed by atoms with Crippen LogP contribution in [-0.2, 0) is 0 Å². The Balaban J connectivity index is 1.93. The van der Waals surface area contributed by atoms with Crippen LogP contribution in [0, 0.1) is 10.1 Å². The SMILES string of the molecule is O=[N+]([O-])c1ccnc(OCC2CCCN2)c1. The monoisotopic (exact) mass is 223 g/mol. The summed E-state index contributed by atoms with van der Waals surface area (Å²) in [7, 11) is 0. The van der Waals surface area contributed by atoms with Crippen LogP contribution in [0.1, 0.15) is 12.8 Å². The Morgan fingerprint density at radius 1 is 1.69 bits per heavy atom. The molecule has 0 aromatic carbocycles. The Bertz CT molecular complexity index is 377. The van der Waals surface area contributed by atoms with Crippen LogP contribution >= 0.6 is 0 Å². The van der Waals surface area contributed by atoms with E-state index >= 15 is 0 Å². The lowest BCUT2D eigenvalue weighted by molar-refractivity contribution is -0.385.